The van der Waals surface area contributed by atoms with E-state index in [4.69, 9.17) is 0 Å². The molecule has 0 aromatic heterocycles. The Morgan fingerprint density at radius 2 is 1.25 bits per heavy atom. The molecule has 4 heavy (non-hydrogen) atoms. The molecule has 0 aromatic rings. The van der Waals surface area contributed by atoms with Crippen molar-refractivity contribution in [1.82, 2.24) is 0 Å². The van der Waals surface area contributed by atoms with Gasteiger partial charge in [0.2, 0.25) is 0 Å². The number of hydrogen-bond acceptors (Lipinski definition) is 1. The SMILES string of the molecule is IOI.[Al]. The molecule has 0 spiro atoms. The second-order valence-electron chi connectivity index (χ2n) is 0.0583. The predicted molar refractivity (Wildman–Crippen MR) is 34.9 cm³/mol. The maximum Gasteiger partial charge on any atom is 0.124 e. The van der Waals surface area contributed by atoms with Gasteiger partial charge in [-0.05, 0) is 0 Å². The van der Waals surface area contributed by atoms with E-state index in [0.29, 0.717) is 0 Å². The Hall–Kier alpha value is 1.95. The third kappa shape index (κ3) is 9.04. The third-order valence-corrected chi connectivity index (χ3v) is 0. The van der Waals surface area contributed by atoms with Crippen LogP contribution in [0.25, 0.3) is 0 Å². The first-order valence-corrected chi connectivity index (χ1v) is 2.07. The average Bonchev–Trinajstić information content (AvgIpc) is 0.918. The molecule has 1 nitrogen and oxygen atoms in total. The summed E-state index contributed by atoms with van der Waals surface area (Å²) in [5, 5.41) is 0. The van der Waals surface area contributed by atoms with Gasteiger partial charge in [-0.25, -0.2) is 1.40 Å². The standard InChI is InChI=1S/Al.I2O/c;1-3-2. The molecular formula is AlI2O. The molecular weight excluding hydrogens is 297 g/mol. The Labute approximate surface area is 64.0 Å². The van der Waals surface area contributed by atoms with E-state index in [2.05, 4.69) is 1.40 Å². The Balaban J connectivity index is 0. The van der Waals surface area contributed by atoms with E-state index in [1.165, 1.54) is 0 Å². The van der Waals surface area contributed by atoms with E-state index in [9.17, 15) is 0 Å². The van der Waals surface area contributed by atoms with Crippen LogP contribution in [0.3, 0.4) is 0 Å². The first-order chi connectivity index (χ1) is 1.41. The van der Waals surface area contributed by atoms with Crippen LogP contribution in [0.1, 0.15) is 0 Å². The van der Waals surface area contributed by atoms with Crippen LogP contribution in [0, 0.1) is 0 Å². The molecule has 0 saturated carbocycles. The molecule has 0 amide bonds. The molecule has 0 aliphatic rings. The highest BCUT2D eigenvalue weighted by atomic mass is 127. The molecule has 0 aliphatic heterocycles. The topological polar surface area (TPSA) is 9.23 Å². The van der Waals surface area contributed by atoms with Gasteiger partial charge in [-0.1, -0.05) is 0 Å². The summed E-state index contributed by atoms with van der Waals surface area (Å²) in [6, 6.07) is 0. The lowest BCUT2D eigenvalue weighted by atomic mass is 16.0. The lowest BCUT2D eigenvalue weighted by molar-refractivity contribution is 0.932. The van der Waals surface area contributed by atoms with Crippen LogP contribution >= 0.6 is 46.0 Å². The minimum atomic E-state index is 0. The first kappa shape index (κ1) is 9.35. The van der Waals surface area contributed by atoms with Gasteiger partial charge in [-0.15, -0.1) is 0 Å². The van der Waals surface area contributed by atoms with Crippen molar-refractivity contribution in [2.45, 2.75) is 0 Å². The maximum atomic E-state index is 4.19. The summed E-state index contributed by atoms with van der Waals surface area (Å²) in [7, 11) is 0. The molecule has 23 valence electrons. The van der Waals surface area contributed by atoms with E-state index < -0.39 is 0 Å². The molecule has 0 heterocycles. The second-order valence-corrected chi connectivity index (χ2v) is 2.62. The Morgan fingerprint density at radius 1 is 1.25 bits per heavy atom. The van der Waals surface area contributed by atoms with Crippen molar-refractivity contribution in [3.05, 3.63) is 0 Å². The van der Waals surface area contributed by atoms with Crippen molar-refractivity contribution in [2.75, 3.05) is 0 Å². The van der Waals surface area contributed by atoms with E-state index in [0.717, 1.165) is 0 Å². The van der Waals surface area contributed by atoms with Crippen molar-refractivity contribution >= 4 is 63.4 Å². The minimum absolute atomic E-state index is 0. The quantitative estimate of drug-likeness (QED) is 0.484. The Morgan fingerprint density at radius 3 is 1.25 bits per heavy atom. The molecule has 0 aromatic carbocycles. The zero-order chi connectivity index (χ0) is 2.71. The van der Waals surface area contributed by atoms with Gasteiger partial charge >= 0.3 is 0 Å². The summed E-state index contributed by atoms with van der Waals surface area (Å²) < 4.78 is 4.19. The number of halogens is 2. The molecule has 0 saturated heterocycles. The van der Waals surface area contributed by atoms with E-state index in [1.807, 2.05) is 0 Å². The van der Waals surface area contributed by atoms with Crippen LogP contribution in [-0.2, 0) is 1.40 Å². The van der Waals surface area contributed by atoms with Gasteiger partial charge in [0, 0.05) is 17.4 Å². The first-order valence-electron chi connectivity index (χ1n) is 0.309. The van der Waals surface area contributed by atoms with Crippen molar-refractivity contribution < 1.29 is 1.40 Å². The van der Waals surface area contributed by atoms with Crippen molar-refractivity contribution in [3.8, 4) is 0 Å². The van der Waals surface area contributed by atoms with Crippen LogP contribution in [0.4, 0.5) is 0 Å². The summed E-state index contributed by atoms with van der Waals surface area (Å²) in [6.45, 7) is 0. The highest BCUT2D eigenvalue weighted by Gasteiger charge is 1.37. The number of rotatable bonds is 0. The van der Waals surface area contributed by atoms with Gasteiger partial charge in [0.1, 0.15) is 46.0 Å². The van der Waals surface area contributed by atoms with Crippen LogP contribution in [0.15, 0.2) is 0 Å². The molecule has 4 heteroatoms. The lowest BCUT2D eigenvalue weighted by Gasteiger charge is -1.49. The lowest BCUT2D eigenvalue weighted by Crippen LogP contribution is -1.08. The molecule has 0 unspecified atom stereocenters. The summed E-state index contributed by atoms with van der Waals surface area (Å²) in [6.07, 6.45) is 0. The normalized spacial score (nSPS) is 4.50. The van der Waals surface area contributed by atoms with Gasteiger partial charge in [-0.2, -0.15) is 0 Å². The fraction of sp³-hybridized carbons (Fsp3) is 0. The van der Waals surface area contributed by atoms with E-state index in [-0.39, 0.29) is 17.4 Å². The zero-order valence-electron chi connectivity index (χ0n) is 1.74. The van der Waals surface area contributed by atoms with Crippen LogP contribution in [0.5, 0.6) is 0 Å². The maximum absolute atomic E-state index is 4.19. The van der Waals surface area contributed by atoms with Crippen LogP contribution < -0.4 is 0 Å². The zero-order valence-corrected chi connectivity index (χ0v) is 7.21. The highest BCUT2D eigenvalue weighted by molar-refractivity contribution is 14.2. The van der Waals surface area contributed by atoms with Crippen molar-refractivity contribution in [3.63, 3.8) is 0 Å². The average molecular weight is 297 g/mol. The summed E-state index contributed by atoms with van der Waals surface area (Å²) in [5.74, 6) is 0. The van der Waals surface area contributed by atoms with Crippen LogP contribution in [-0.4, -0.2) is 17.4 Å². The predicted octanol–water partition coefficient (Wildman–Crippen LogP) is 1.32. The molecule has 3 radical (unpaired) electrons. The van der Waals surface area contributed by atoms with Crippen molar-refractivity contribution in [2.24, 2.45) is 0 Å². The Kier molecular flexibility index (Phi) is 20.7. The van der Waals surface area contributed by atoms with Crippen molar-refractivity contribution in [1.29, 1.82) is 0 Å². The fourth-order valence-electron chi connectivity index (χ4n) is 0. The molecule has 0 atom stereocenters. The summed E-state index contributed by atoms with van der Waals surface area (Å²) in [5.41, 5.74) is 0. The van der Waals surface area contributed by atoms with E-state index >= 15 is 0 Å². The van der Waals surface area contributed by atoms with Gasteiger partial charge in [0.15, 0.2) is 0 Å². The fourth-order valence-corrected chi connectivity index (χ4v) is 0. The largest absolute Gasteiger partial charge is 0.247 e. The second kappa shape index (κ2) is 8.88. The van der Waals surface area contributed by atoms with Gasteiger partial charge in [0.25, 0.3) is 0 Å². The molecule has 0 rings (SSSR count). The van der Waals surface area contributed by atoms with E-state index in [1.54, 1.807) is 46.0 Å². The summed E-state index contributed by atoms with van der Waals surface area (Å²) >= 11 is 3.55. The minimum Gasteiger partial charge on any atom is -0.247 e. The number of hydrogen-bond donors (Lipinski definition) is 0. The third-order valence-electron chi connectivity index (χ3n) is 0. The van der Waals surface area contributed by atoms with Gasteiger partial charge in [-0.3, -0.25) is 0 Å². The molecule has 0 aliphatic carbocycles. The highest BCUT2D eigenvalue weighted by Crippen LogP contribution is 1.90. The monoisotopic (exact) mass is 297 g/mol. The smallest absolute Gasteiger partial charge is 0.124 e. The molecule has 0 fully saturated rings. The van der Waals surface area contributed by atoms with Gasteiger partial charge in [0.05, 0.1) is 0 Å². The molecule has 0 N–H and O–H groups in total. The van der Waals surface area contributed by atoms with Crippen LogP contribution in [0.2, 0.25) is 0 Å². The Bertz CT molecular complexity index is 6.00. The van der Waals surface area contributed by atoms with Gasteiger partial charge < -0.3 is 0 Å². The summed E-state index contributed by atoms with van der Waals surface area (Å²) in [4.78, 5) is 0. The molecule has 0 bridgehead atoms.